The molecule has 0 unspecified atom stereocenters. The number of hydrogen-bond acceptors (Lipinski definition) is 2. The van der Waals surface area contributed by atoms with Gasteiger partial charge in [-0.05, 0) is 23.9 Å². The van der Waals surface area contributed by atoms with Crippen molar-refractivity contribution in [2.45, 2.75) is 6.92 Å². The molecule has 0 fully saturated rings. The van der Waals surface area contributed by atoms with Crippen molar-refractivity contribution < 1.29 is 4.84 Å². The number of pyridine rings is 1. The van der Waals surface area contributed by atoms with E-state index in [0.29, 0.717) is 5.39 Å². The molecule has 4 rings (SSSR count). The SMILES string of the molecule is COn1c(-c2ccccc2)c(-c2ccccc2)c2cc(C)ccc2c1=O. The van der Waals surface area contributed by atoms with Crippen molar-refractivity contribution in [2.24, 2.45) is 0 Å². The van der Waals surface area contributed by atoms with Crippen LogP contribution in [-0.2, 0) is 0 Å². The third-order valence-electron chi connectivity index (χ3n) is 4.59. The van der Waals surface area contributed by atoms with Crippen molar-refractivity contribution in [3.63, 3.8) is 0 Å². The third kappa shape index (κ3) is 2.58. The van der Waals surface area contributed by atoms with E-state index in [9.17, 15) is 4.79 Å². The molecule has 3 nitrogen and oxygen atoms in total. The molecule has 0 bridgehead atoms. The van der Waals surface area contributed by atoms with E-state index in [-0.39, 0.29) is 5.56 Å². The summed E-state index contributed by atoms with van der Waals surface area (Å²) in [5.74, 6) is 0. The smallest absolute Gasteiger partial charge is 0.291 e. The van der Waals surface area contributed by atoms with Gasteiger partial charge in [0.25, 0.3) is 5.56 Å². The Morgan fingerprint density at radius 1 is 0.769 bits per heavy atom. The summed E-state index contributed by atoms with van der Waals surface area (Å²) in [5.41, 5.74) is 4.71. The molecule has 0 atom stereocenters. The third-order valence-corrected chi connectivity index (χ3v) is 4.59. The molecule has 0 saturated heterocycles. The van der Waals surface area contributed by atoms with Gasteiger partial charge in [-0.3, -0.25) is 4.79 Å². The molecule has 0 spiro atoms. The molecule has 0 N–H and O–H groups in total. The molecule has 128 valence electrons. The molecule has 0 aliphatic rings. The minimum absolute atomic E-state index is 0.152. The van der Waals surface area contributed by atoms with Gasteiger partial charge >= 0.3 is 0 Å². The zero-order valence-corrected chi connectivity index (χ0v) is 14.8. The van der Waals surface area contributed by atoms with Crippen LogP contribution in [0.2, 0.25) is 0 Å². The first-order valence-electron chi connectivity index (χ1n) is 8.55. The summed E-state index contributed by atoms with van der Waals surface area (Å²) in [6, 6.07) is 25.9. The van der Waals surface area contributed by atoms with Crippen LogP contribution in [0.15, 0.2) is 83.7 Å². The normalized spacial score (nSPS) is 10.8. The second-order valence-corrected chi connectivity index (χ2v) is 6.29. The van der Waals surface area contributed by atoms with Crippen LogP contribution in [0.4, 0.5) is 0 Å². The quantitative estimate of drug-likeness (QED) is 0.541. The molecule has 3 heteroatoms. The molecule has 3 aromatic carbocycles. The van der Waals surface area contributed by atoms with E-state index >= 15 is 0 Å². The Morgan fingerprint density at radius 2 is 1.38 bits per heavy atom. The van der Waals surface area contributed by atoms with Crippen molar-refractivity contribution >= 4 is 10.8 Å². The number of hydrogen-bond donors (Lipinski definition) is 0. The lowest BCUT2D eigenvalue weighted by Gasteiger charge is -2.19. The highest BCUT2D eigenvalue weighted by Crippen LogP contribution is 2.36. The van der Waals surface area contributed by atoms with Crippen LogP contribution in [0.5, 0.6) is 0 Å². The van der Waals surface area contributed by atoms with Crippen LogP contribution in [0.1, 0.15) is 5.56 Å². The summed E-state index contributed by atoms with van der Waals surface area (Å²) < 4.78 is 1.40. The highest BCUT2D eigenvalue weighted by Gasteiger charge is 2.20. The Balaban J connectivity index is 2.26. The highest BCUT2D eigenvalue weighted by atomic mass is 16.6. The summed E-state index contributed by atoms with van der Waals surface area (Å²) in [4.78, 5) is 18.6. The standard InChI is InChI=1S/C23H19NO2/c1-16-13-14-19-20(15-16)21(17-9-5-3-6-10-17)22(24(26-2)23(19)25)18-11-7-4-8-12-18/h3-15H,1-2H3. The molecule has 26 heavy (non-hydrogen) atoms. The number of rotatable bonds is 3. The lowest BCUT2D eigenvalue weighted by Crippen LogP contribution is -2.27. The Bertz CT molecular complexity index is 1130. The first-order valence-corrected chi connectivity index (χ1v) is 8.55. The zero-order chi connectivity index (χ0) is 18.1. The van der Waals surface area contributed by atoms with Crippen molar-refractivity contribution in [1.82, 2.24) is 4.73 Å². The van der Waals surface area contributed by atoms with Gasteiger partial charge in [0.05, 0.1) is 11.1 Å². The van der Waals surface area contributed by atoms with Crippen molar-refractivity contribution in [2.75, 3.05) is 7.11 Å². The minimum atomic E-state index is -0.152. The number of fused-ring (bicyclic) bond motifs is 1. The van der Waals surface area contributed by atoms with Gasteiger partial charge in [-0.1, -0.05) is 78.4 Å². The number of nitrogens with zero attached hydrogens (tertiary/aromatic N) is 1. The zero-order valence-electron chi connectivity index (χ0n) is 14.8. The van der Waals surface area contributed by atoms with Gasteiger partial charge < -0.3 is 4.84 Å². The molecular formula is C23H19NO2. The van der Waals surface area contributed by atoms with Crippen LogP contribution < -0.4 is 10.4 Å². The summed E-state index contributed by atoms with van der Waals surface area (Å²) in [6.07, 6.45) is 0. The first kappa shape index (κ1) is 16.2. The van der Waals surface area contributed by atoms with Crippen LogP contribution in [0, 0.1) is 6.92 Å². The van der Waals surface area contributed by atoms with E-state index in [1.807, 2.05) is 67.6 Å². The molecule has 4 aromatic rings. The fraction of sp³-hybridized carbons (Fsp3) is 0.0870. The number of aryl methyl sites for hydroxylation is 1. The van der Waals surface area contributed by atoms with Gasteiger partial charge in [0.2, 0.25) is 0 Å². The summed E-state index contributed by atoms with van der Waals surface area (Å²) in [5, 5.41) is 1.59. The average Bonchev–Trinajstić information content (AvgIpc) is 2.69. The van der Waals surface area contributed by atoms with E-state index in [2.05, 4.69) is 18.2 Å². The van der Waals surface area contributed by atoms with E-state index in [1.165, 1.54) is 11.8 Å². The molecule has 0 saturated carbocycles. The van der Waals surface area contributed by atoms with Crippen molar-refractivity contribution in [1.29, 1.82) is 0 Å². The fourth-order valence-corrected chi connectivity index (χ4v) is 3.42. The van der Waals surface area contributed by atoms with Crippen molar-refractivity contribution in [3.8, 4) is 22.4 Å². The number of aromatic nitrogens is 1. The van der Waals surface area contributed by atoms with Gasteiger partial charge in [0.1, 0.15) is 7.11 Å². The monoisotopic (exact) mass is 341 g/mol. The maximum atomic E-state index is 13.1. The molecule has 0 amide bonds. The summed E-state index contributed by atoms with van der Waals surface area (Å²) in [7, 11) is 1.53. The van der Waals surface area contributed by atoms with Gasteiger partial charge in [-0.25, -0.2) is 0 Å². The predicted octanol–water partition coefficient (Wildman–Crippen LogP) is 4.70. The van der Waals surface area contributed by atoms with Gasteiger partial charge in [-0.15, -0.1) is 4.73 Å². The summed E-state index contributed by atoms with van der Waals surface area (Å²) in [6.45, 7) is 2.04. The van der Waals surface area contributed by atoms with Gasteiger partial charge in [-0.2, -0.15) is 0 Å². The van der Waals surface area contributed by atoms with E-state index in [0.717, 1.165) is 33.3 Å². The maximum absolute atomic E-state index is 13.1. The lowest BCUT2D eigenvalue weighted by molar-refractivity contribution is 0.163. The molecule has 0 aliphatic carbocycles. The molecule has 0 radical (unpaired) electrons. The van der Waals surface area contributed by atoms with Crippen molar-refractivity contribution in [3.05, 3.63) is 94.8 Å². The second-order valence-electron chi connectivity index (χ2n) is 6.29. The fourth-order valence-electron chi connectivity index (χ4n) is 3.42. The topological polar surface area (TPSA) is 31.2 Å². The van der Waals surface area contributed by atoms with Gasteiger partial charge in [0, 0.05) is 11.1 Å². The Kier molecular flexibility index (Phi) is 4.05. The molecule has 1 aromatic heterocycles. The average molecular weight is 341 g/mol. The largest absolute Gasteiger partial charge is 0.413 e. The van der Waals surface area contributed by atoms with Crippen LogP contribution in [0.25, 0.3) is 33.2 Å². The Morgan fingerprint density at radius 3 is 2.00 bits per heavy atom. The van der Waals surface area contributed by atoms with Crippen LogP contribution in [0.3, 0.4) is 0 Å². The van der Waals surface area contributed by atoms with Crippen LogP contribution >= 0.6 is 0 Å². The van der Waals surface area contributed by atoms with E-state index < -0.39 is 0 Å². The maximum Gasteiger partial charge on any atom is 0.291 e. The molecule has 1 heterocycles. The van der Waals surface area contributed by atoms with Crippen LogP contribution in [-0.4, -0.2) is 11.8 Å². The first-order chi connectivity index (χ1) is 12.7. The second kappa shape index (κ2) is 6.52. The van der Waals surface area contributed by atoms with Gasteiger partial charge in [0.15, 0.2) is 0 Å². The lowest BCUT2D eigenvalue weighted by atomic mass is 9.93. The number of benzene rings is 3. The molecular weight excluding hydrogens is 322 g/mol. The summed E-state index contributed by atoms with van der Waals surface area (Å²) >= 11 is 0. The highest BCUT2D eigenvalue weighted by molar-refractivity contribution is 6.02. The molecule has 0 aliphatic heterocycles. The minimum Gasteiger partial charge on any atom is -0.413 e. The Hall–Kier alpha value is -3.33. The van der Waals surface area contributed by atoms with E-state index in [1.54, 1.807) is 0 Å². The van der Waals surface area contributed by atoms with E-state index in [4.69, 9.17) is 4.84 Å². The Labute approximate surface area is 152 Å². The predicted molar refractivity (Wildman–Crippen MR) is 106 cm³/mol.